The van der Waals surface area contributed by atoms with Crippen molar-refractivity contribution < 1.29 is 9.53 Å². The Labute approximate surface area is 161 Å². The third-order valence-electron chi connectivity index (χ3n) is 4.92. The van der Waals surface area contributed by atoms with Gasteiger partial charge in [-0.1, -0.05) is 32.0 Å². The summed E-state index contributed by atoms with van der Waals surface area (Å²) in [7, 11) is 2.15. The first-order chi connectivity index (χ1) is 13.0. The van der Waals surface area contributed by atoms with E-state index >= 15 is 0 Å². The molecule has 27 heavy (non-hydrogen) atoms. The van der Waals surface area contributed by atoms with Crippen molar-refractivity contribution in [2.75, 3.05) is 50.1 Å². The average Bonchev–Trinajstić information content (AvgIpc) is 2.68. The fraction of sp³-hybridized carbons (Fsp3) is 0.409. The van der Waals surface area contributed by atoms with Crippen LogP contribution in [0.25, 0.3) is 0 Å². The van der Waals surface area contributed by atoms with Crippen molar-refractivity contribution in [3.8, 4) is 5.75 Å². The predicted molar refractivity (Wildman–Crippen MR) is 111 cm³/mol. The van der Waals surface area contributed by atoms with Crippen LogP contribution in [0.5, 0.6) is 5.75 Å². The van der Waals surface area contributed by atoms with Gasteiger partial charge < -0.3 is 19.9 Å². The summed E-state index contributed by atoms with van der Waals surface area (Å²) in [5.41, 5.74) is 3.10. The Balaban J connectivity index is 1.52. The number of piperazine rings is 1. The second kappa shape index (κ2) is 8.91. The SMILES string of the molecule is CC(C)c1ccccc1OCC(=O)Nc1ccc(N2CCN(C)CC2)cc1. The molecule has 0 radical (unpaired) electrons. The highest BCUT2D eigenvalue weighted by molar-refractivity contribution is 5.92. The Morgan fingerprint density at radius 3 is 2.37 bits per heavy atom. The quantitative estimate of drug-likeness (QED) is 0.848. The summed E-state index contributed by atoms with van der Waals surface area (Å²) in [6, 6.07) is 15.9. The van der Waals surface area contributed by atoms with Crippen molar-refractivity contribution in [3.05, 3.63) is 54.1 Å². The summed E-state index contributed by atoms with van der Waals surface area (Å²) in [5.74, 6) is 0.973. The minimum atomic E-state index is -0.152. The summed E-state index contributed by atoms with van der Waals surface area (Å²) in [5, 5.41) is 2.91. The fourth-order valence-corrected chi connectivity index (χ4v) is 3.25. The van der Waals surface area contributed by atoms with Crippen molar-refractivity contribution in [1.29, 1.82) is 0 Å². The molecule has 1 aliphatic rings. The molecular weight excluding hydrogens is 338 g/mol. The zero-order valence-corrected chi connectivity index (χ0v) is 16.4. The predicted octanol–water partition coefficient (Wildman–Crippen LogP) is 3.58. The van der Waals surface area contributed by atoms with Crippen molar-refractivity contribution >= 4 is 17.3 Å². The van der Waals surface area contributed by atoms with Crippen molar-refractivity contribution in [1.82, 2.24) is 4.90 Å². The van der Waals surface area contributed by atoms with E-state index in [0.29, 0.717) is 5.92 Å². The number of para-hydroxylation sites is 1. The molecule has 0 bridgehead atoms. The first-order valence-electron chi connectivity index (χ1n) is 9.58. The molecule has 144 valence electrons. The molecule has 0 aromatic heterocycles. The van der Waals surface area contributed by atoms with Gasteiger partial charge in [-0.15, -0.1) is 0 Å². The Hall–Kier alpha value is -2.53. The summed E-state index contributed by atoms with van der Waals surface area (Å²) in [4.78, 5) is 16.9. The van der Waals surface area contributed by atoms with Gasteiger partial charge in [0.1, 0.15) is 5.75 Å². The molecule has 0 atom stereocenters. The Morgan fingerprint density at radius 1 is 1.04 bits per heavy atom. The molecule has 5 nitrogen and oxygen atoms in total. The van der Waals surface area contributed by atoms with Gasteiger partial charge in [0.15, 0.2) is 6.61 Å². The van der Waals surface area contributed by atoms with Crippen LogP contribution in [-0.2, 0) is 4.79 Å². The van der Waals surface area contributed by atoms with Gasteiger partial charge in [-0.05, 0) is 48.9 Å². The maximum absolute atomic E-state index is 12.2. The van der Waals surface area contributed by atoms with Crippen molar-refractivity contribution in [2.24, 2.45) is 0 Å². The molecule has 2 aromatic rings. The van der Waals surface area contributed by atoms with Gasteiger partial charge in [-0.3, -0.25) is 4.79 Å². The van der Waals surface area contributed by atoms with Gasteiger partial charge in [0.25, 0.3) is 5.91 Å². The number of carbonyl (C=O) groups excluding carboxylic acids is 1. The van der Waals surface area contributed by atoms with Crippen LogP contribution < -0.4 is 15.0 Å². The van der Waals surface area contributed by atoms with Gasteiger partial charge in [0.05, 0.1) is 0 Å². The van der Waals surface area contributed by atoms with Crippen molar-refractivity contribution in [2.45, 2.75) is 19.8 Å². The van der Waals surface area contributed by atoms with Crippen LogP contribution in [0.3, 0.4) is 0 Å². The van der Waals surface area contributed by atoms with Gasteiger partial charge >= 0.3 is 0 Å². The number of hydrogen-bond donors (Lipinski definition) is 1. The smallest absolute Gasteiger partial charge is 0.262 e. The van der Waals surface area contributed by atoms with Crippen LogP contribution in [0.1, 0.15) is 25.3 Å². The Bertz CT molecular complexity index is 750. The molecule has 0 saturated carbocycles. The Kier molecular flexibility index (Phi) is 6.35. The van der Waals surface area contributed by atoms with Gasteiger partial charge in [-0.2, -0.15) is 0 Å². The van der Waals surface area contributed by atoms with Crippen LogP contribution in [-0.4, -0.2) is 50.6 Å². The molecule has 1 fully saturated rings. The Morgan fingerprint density at radius 2 is 1.70 bits per heavy atom. The number of likely N-dealkylation sites (N-methyl/N-ethyl adjacent to an activating group) is 1. The summed E-state index contributed by atoms with van der Waals surface area (Å²) >= 11 is 0. The number of nitrogens with zero attached hydrogens (tertiary/aromatic N) is 2. The van der Waals surface area contributed by atoms with Gasteiger partial charge in [0, 0.05) is 37.6 Å². The van der Waals surface area contributed by atoms with E-state index in [0.717, 1.165) is 43.2 Å². The lowest BCUT2D eigenvalue weighted by molar-refractivity contribution is -0.118. The van der Waals surface area contributed by atoms with Gasteiger partial charge in [-0.25, -0.2) is 0 Å². The summed E-state index contributed by atoms with van der Waals surface area (Å²) in [6.07, 6.45) is 0. The summed E-state index contributed by atoms with van der Waals surface area (Å²) < 4.78 is 5.74. The van der Waals surface area contributed by atoms with E-state index in [1.54, 1.807) is 0 Å². The van der Waals surface area contributed by atoms with Crippen LogP contribution in [0, 0.1) is 0 Å². The molecule has 0 spiro atoms. The number of ether oxygens (including phenoxy) is 1. The lowest BCUT2D eigenvalue weighted by atomic mass is 10.0. The van der Waals surface area contributed by atoms with E-state index in [-0.39, 0.29) is 12.5 Å². The normalized spacial score (nSPS) is 15.0. The van der Waals surface area contributed by atoms with Gasteiger partial charge in [0.2, 0.25) is 0 Å². The highest BCUT2D eigenvalue weighted by atomic mass is 16.5. The lowest BCUT2D eigenvalue weighted by Gasteiger charge is -2.34. The number of amides is 1. The molecule has 0 unspecified atom stereocenters. The van der Waals surface area contributed by atoms with Crippen molar-refractivity contribution in [3.63, 3.8) is 0 Å². The molecule has 1 heterocycles. The number of anilines is 2. The molecule has 0 aliphatic carbocycles. The molecule has 1 saturated heterocycles. The zero-order valence-electron chi connectivity index (χ0n) is 16.4. The minimum absolute atomic E-state index is 0.00391. The summed E-state index contributed by atoms with van der Waals surface area (Å²) in [6.45, 7) is 8.45. The van der Waals surface area contributed by atoms with Crippen LogP contribution >= 0.6 is 0 Å². The number of carbonyl (C=O) groups is 1. The van der Waals surface area contributed by atoms with E-state index in [9.17, 15) is 4.79 Å². The molecule has 1 N–H and O–H groups in total. The lowest BCUT2D eigenvalue weighted by Crippen LogP contribution is -2.44. The van der Waals surface area contributed by atoms with E-state index in [4.69, 9.17) is 4.74 Å². The largest absolute Gasteiger partial charge is 0.483 e. The van der Waals surface area contributed by atoms with E-state index in [1.165, 1.54) is 5.69 Å². The number of benzene rings is 2. The van der Waals surface area contributed by atoms with Crippen LogP contribution in [0.2, 0.25) is 0 Å². The molecule has 5 heteroatoms. The van der Waals surface area contributed by atoms with Crippen LogP contribution in [0.4, 0.5) is 11.4 Å². The monoisotopic (exact) mass is 367 g/mol. The first kappa shape index (κ1) is 19.2. The fourth-order valence-electron chi connectivity index (χ4n) is 3.25. The maximum Gasteiger partial charge on any atom is 0.262 e. The number of nitrogens with one attached hydrogen (secondary N) is 1. The van der Waals surface area contributed by atoms with E-state index < -0.39 is 0 Å². The molecule has 1 amide bonds. The van der Waals surface area contributed by atoms with Crippen LogP contribution in [0.15, 0.2) is 48.5 Å². The average molecular weight is 367 g/mol. The highest BCUT2D eigenvalue weighted by Crippen LogP contribution is 2.26. The molecular formula is C22H29N3O2. The number of rotatable bonds is 6. The third-order valence-corrected chi connectivity index (χ3v) is 4.92. The zero-order chi connectivity index (χ0) is 19.2. The van der Waals surface area contributed by atoms with E-state index in [1.807, 2.05) is 36.4 Å². The first-order valence-corrected chi connectivity index (χ1v) is 9.58. The molecule has 3 rings (SSSR count). The second-order valence-corrected chi connectivity index (χ2v) is 7.37. The second-order valence-electron chi connectivity index (χ2n) is 7.37. The maximum atomic E-state index is 12.2. The van der Waals surface area contributed by atoms with E-state index in [2.05, 4.69) is 48.1 Å². The third kappa shape index (κ3) is 5.23. The minimum Gasteiger partial charge on any atom is -0.483 e. The topological polar surface area (TPSA) is 44.8 Å². The molecule has 2 aromatic carbocycles. The standard InChI is InChI=1S/C22H29N3O2/c1-17(2)20-6-4-5-7-21(20)27-16-22(26)23-18-8-10-19(11-9-18)25-14-12-24(3)13-15-25/h4-11,17H,12-16H2,1-3H3,(H,23,26). The number of hydrogen-bond acceptors (Lipinski definition) is 4. The highest BCUT2D eigenvalue weighted by Gasteiger charge is 2.14. The molecule has 1 aliphatic heterocycles.